The molecular weight excluding hydrogens is 527 g/mol. The van der Waals surface area contributed by atoms with E-state index in [-0.39, 0.29) is 23.9 Å². The summed E-state index contributed by atoms with van der Waals surface area (Å²) in [5, 5.41) is 16.7. The first kappa shape index (κ1) is 28.3. The number of benzene rings is 2. The van der Waals surface area contributed by atoms with Crippen molar-refractivity contribution in [3.05, 3.63) is 88.4 Å². The highest BCUT2D eigenvalue weighted by atomic mass is 19.1. The van der Waals surface area contributed by atoms with Crippen molar-refractivity contribution in [2.75, 3.05) is 26.9 Å². The van der Waals surface area contributed by atoms with Crippen LogP contribution in [0.25, 0.3) is 17.1 Å². The SMILES string of the molecule is C1CCOC1.COc1c(C(=O)O)cnn1-c1cccc(-c2cccc(C)c2OCc2cc(F)c3c(c2)CCNC3)n1. The minimum atomic E-state index is -1.14. The number of carboxylic acid groups (broad SMARTS) is 1. The normalized spacial score (nSPS) is 14.1. The second-order valence-corrected chi connectivity index (χ2v) is 9.87. The van der Waals surface area contributed by atoms with Crippen LogP contribution in [0.1, 0.15) is 45.5 Å². The molecule has 0 unspecified atom stereocenters. The van der Waals surface area contributed by atoms with Crippen LogP contribution in [-0.2, 0) is 24.3 Å². The van der Waals surface area contributed by atoms with Gasteiger partial charge in [0.15, 0.2) is 5.82 Å². The minimum absolute atomic E-state index is 0.0580. The van der Waals surface area contributed by atoms with E-state index < -0.39 is 5.97 Å². The van der Waals surface area contributed by atoms with Gasteiger partial charge in [0.05, 0.1) is 19.0 Å². The number of methoxy groups -OCH3 is 1. The molecule has 41 heavy (non-hydrogen) atoms. The zero-order valence-electron chi connectivity index (χ0n) is 23.2. The summed E-state index contributed by atoms with van der Waals surface area (Å²) in [5.74, 6) is -0.238. The molecule has 0 bridgehead atoms. The largest absolute Gasteiger partial charge is 0.488 e. The lowest BCUT2D eigenvalue weighted by molar-refractivity contribution is 0.0693. The molecule has 0 aliphatic carbocycles. The monoisotopic (exact) mass is 560 g/mol. The summed E-state index contributed by atoms with van der Waals surface area (Å²) >= 11 is 0. The van der Waals surface area contributed by atoms with E-state index >= 15 is 0 Å². The maximum absolute atomic E-state index is 14.6. The summed E-state index contributed by atoms with van der Waals surface area (Å²) in [6.07, 6.45) is 4.57. The Morgan fingerprint density at radius 3 is 2.71 bits per heavy atom. The third-order valence-electron chi connectivity index (χ3n) is 7.02. The number of nitrogens with one attached hydrogen (secondary N) is 1. The van der Waals surface area contributed by atoms with Crippen molar-refractivity contribution in [2.24, 2.45) is 0 Å². The van der Waals surface area contributed by atoms with E-state index in [4.69, 9.17) is 19.2 Å². The second-order valence-electron chi connectivity index (χ2n) is 9.87. The molecule has 0 radical (unpaired) electrons. The molecule has 1 fully saturated rings. The van der Waals surface area contributed by atoms with Crippen LogP contribution in [0.2, 0.25) is 0 Å². The highest BCUT2D eigenvalue weighted by Gasteiger charge is 2.20. The molecule has 4 aromatic rings. The summed E-state index contributed by atoms with van der Waals surface area (Å²) in [6.45, 7) is 5.53. The maximum atomic E-state index is 14.6. The summed E-state index contributed by atoms with van der Waals surface area (Å²) < 4.78 is 32.4. The third-order valence-corrected chi connectivity index (χ3v) is 7.02. The number of para-hydroxylation sites is 1. The highest BCUT2D eigenvalue weighted by Crippen LogP contribution is 2.34. The molecule has 2 aliphatic heterocycles. The van der Waals surface area contributed by atoms with Gasteiger partial charge in [-0.15, -0.1) is 0 Å². The molecule has 2 aromatic heterocycles. The summed E-state index contributed by atoms with van der Waals surface area (Å²) in [7, 11) is 1.39. The van der Waals surface area contributed by atoms with Crippen LogP contribution < -0.4 is 14.8 Å². The van der Waals surface area contributed by atoms with Crippen LogP contribution in [0.15, 0.2) is 54.7 Å². The lowest BCUT2D eigenvalue weighted by Gasteiger charge is -2.20. The van der Waals surface area contributed by atoms with Gasteiger partial charge >= 0.3 is 5.97 Å². The summed E-state index contributed by atoms with van der Waals surface area (Å²) in [5.41, 5.74) is 4.73. The lowest BCUT2D eigenvalue weighted by Crippen LogP contribution is -2.25. The van der Waals surface area contributed by atoms with E-state index in [0.29, 0.717) is 23.8 Å². The number of hydrogen-bond donors (Lipinski definition) is 2. The van der Waals surface area contributed by atoms with Gasteiger partial charge in [0.2, 0.25) is 5.88 Å². The van der Waals surface area contributed by atoms with Gasteiger partial charge in [-0.1, -0.05) is 24.3 Å². The number of fused-ring (bicyclic) bond motifs is 1. The predicted molar refractivity (Wildman–Crippen MR) is 151 cm³/mol. The summed E-state index contributed by atoms with van der Waals surface area (Å²) in [6, 6.07) is 14.7. The van der Waals surface area contributed by atoms with Crippen LogP contribution in [0.5, 0.6) is 11.6 Å². The van der Waals surface area contributed by atoms with Gasteiger partial charge in [0.25, 0.3) is 0 Å². The number of carboxylic acids is 1. The Balaban J connectivity index is 0.000000610. The van der Waals surface area contributed by atoms with Gasteiger partial charge in [0.1, 0.15) is 23.7 Å². The number of aryl methyl sites for hydroxylation is 1. The molecule has 10 heteroatoms. The maximum Gasteiger partial charge on any atom is 0.342 e. The fraction of sp³-hybridized carbons (Fsp3) is 0.323. The van der Waals surface area contributed by atoms with Gasteiger partial charge < -0.3 is 24.6 Å². The summed E-state index contributed by atoms with van der Waals surface area (Å²) in [4.78, 5) is 16.2. The first-order valence-corrected chi connectivity index (χ1v) is 13.6. The molecule has 2 N–H and O–H groups in total. The zero-order valence-corrected chi connectivity index (χ0v) is 23.2. The zero-order chi connectivity index (χ0) is 28.8. The third kappa shape index (κ3) is 6.39. The second kappa shape index (κ2) is 12.9. The van der Waals surface area contributed by atoms with Gasteiger partial charge in [-0.05, 0) is 73.7 Å². The van der Waals surface area contributed by atoms with Crippen LogP contribution in [0.4, 0.5) is 4.39 Å². The molecule has 6 rings (SSSR count). The van der Waals surface area contributed by atoms with Crippen molar-refractivity contribution in [3.63, 3.8) is 0 Å². The molecule has 9 nitrogen and oxygen atoms in total. The van der Waals surface area contributed by atoms with Crippen LogP contribution in [0, 0.1) is 12.7 Å². The molecule has 0 atom stereocenters. The fourth-order valence-electron chi connectivity index (χ4n) is 4.94. The highest BCUT2D eigenvalue weighted by molar-refractivity contribution is 5.90. The van der Waals surface area contributed by atoms with Crippen molar-refractivity contribution < 1.29 is 28.5 Å². The smallest absolute Gasteiger partial charge is 0.342 e. The van der Waals surface area contributed by atoms with Crippen LogP contribution in [-0.4, -0.2) is 52.7 Å². The molecular formula is C31H33FN4O5. The average Bonchev–Trinajstić information content (AvgIpc) is 3.70. The lowest BCUT2D eigenvalue weighted by atomic mass is 9.98. The van der Waals surface area contributed by atoms with Crippen molar-refractivity contribution in [1.29, 1.82) is 0 Å². The van der Waals surface area contributed by atoms with Gasteiger partial charge in [0, 0.05) is 30.9 Å². The minimum Gasteiger partial charge on any atom is -0.488 e. The first-order chi connectivity index (χ1) is 20.0. The molecule has 2 aliphatic rings. The van der Waals surface area contributed by atoms with Crippen molar-refractivity contribution >= 4 is 5.97 Å². The number of nitrogens with zero attached hydrogens (tertiary/aromatic N) is 3. The van der Waals surface area contributed by atoms with E-state index in [1.165, 1.54) is 36.9 Å². The number of carbonyl (C=O) groups is 1. The van der Waals surface area contributed by atoms with E-state index in [9.17, 15) is 14.3 Å². The number of aromatic carboxylic acids is 1. The van der Waals surface area contributed by atoms with Crippen LogP contribution >= 0.6 is 0 Å². The molecule has 0 amide bonds. The molecule has 2 aromatic carbocycles. The number of rotatable bonds is 7. The Labute approximate surface area is 237 Å². The molecule has 4 heterocycles. The predicted octanol–water partition coefficient (Wildman–Crippen LogP) is 5.11. The first-order valence-electron chi connectivity index (χ1n) is 13.6. The average molecular weight is 561 g/mol. The molecule has 1 saturated heterocycles. The number of aromatic nitrogens is 3. The number of halogens is 1. The van der Waals surface area contributed by atoms with E-state index in [2.05, 4.69) is 10.4 Å². The molecule has 0 saturated carbocycles. The Hall–Kier alpha value is -4.28. The topological polar surface area (TPSA) is 108 Å². The van der Waals surface area contributed by atoms with E-state index in [1.54, 1.807) is 12.1 Å². The number of pyridine rings is 1. The Morgan fingerprint density at radius 2 is 1.98 bits per heavy atom. The molecule has 0 spiro atoms. The molecule has 214 valence electrons. The van der Waals surface area contributed by atoms with Crippen LogP contribution in [0.3, 0.4) is 0 Å². The fourth-order valence-corrected chi connectivity index (χ4v) is 4.94. The quantitative estimate of drug-likeness (QED) is 0.321. The van der Waals surface area contributed by atoms with Crippen molar-refractivity contribution in [3.8, 4) is 28.7 Å². The Bertz CT molecular complexity index is 1530. The van der Waals surface area contributed by atoms with Crippen molar-refractivity contribution in [1.82, 2.24) is 20.1 Å². The number of hydrogen-bond acceptors (Lipinski definition) is 7. The van der Waals surface area contributed by atoms with Gasteiger partial charge in [-0.25, -0.2) is 14.2 Å². The Morgan fingerprint density at radius 1 is 1.17 bits per heavy atom. The van der Waals surface area contributed by atoms with Crippen molar-refractivity contribution in [2.45, 2.75) is 39.3 Å². The standard InChI is InChI=1S/C27H25FN4O4.C4H8O/c1-16-5-3-6-19(25(16)36-15-17-11-18-9-10-29-13-20(18)22(28)12-17)23-7-4-8-24(31-23)32-26(35-2)21(14-30-32)27(33)34;1-2-4-5-3-1/h3-8,11-12,14,29H,9-10,13,15H2,1-2H3,(H,33,34);1-4H2. The Kier molecular flexibility index (Phi) is 8.91. The van der Waals surface area contributed by atoms with E-state index in [0.717, 1.165) is 54.0 Å². The number of ether oxygens (including phenoxy) is 3. The van der Waals surface area contributed by atoms with Gasteiger partial charge in [-0.3, -0.25) is 0 Å². The van der Waals surface area contributed by atoms with Gasteiger partial charge in [-0.2, -0.15) is 9.78 Å². The van der Waals surface area contributed by atoms with E-state index in [1.807, 2.05) is 37.3 Å².